The van der Waals surface area contributed by atoms with Crippen LogP contribution in [0, 0.1) is 0 Å². The van der Waals surface area contributed by atoms with Crippen LogP contribution < -0.4 is 16.7 Å². The van der Waals surface area contributed by atoms with E-state index in [0.717, 1.165) is 28.6 Å². The largest absolute Gasteiger partial charge is 0.329 e. The summed E-state index contributed by atoms with van der Waals surface area (Å²) in [6, 6.07) is 7.88. The van der Waals surface area contributed by atoms with Crippen LogP contribution in [-0.4, -0.2) is 24.8 Å². The number of nitrogens with zero attached hydrogens (tertiary/aromatic N) is 4. The highest BCUT2D eigenvalue weighted by atomic mass is 79.9. The van der Waals surface area contributed by atoms with Crippen molar-refractivity contribution in [3.63, 3.8) is 0 Å². The van der Waals surface area contributed by atoms with Gasteiger partial charge in [0.05, 0.1) is 5.71 Å². The Bertz CT molecular complexity index is 1240. The summed E-state index contributed by atoms with van der Waals surface area (Å²) >= 11 is 3.45. The predicted octanol–water partition coefficient (Wildman–Crippen LogP) is 5.94. The average molecular weight is 546 g/mol. The number of aryl methyl sites for hydroxylation is 2. The van der Waals surface area contributed by atoms with Crippen molar-refractivity contribution in [3.05, 3.63) is 55.1 Å². The second-order valence-corrected chi connectivity index (χ2v) is 9.99. The second kappa shape index (κ2) is 13.4. The highest BCUT2D eigenvalue weighted by Gasteiger charge is 2.17. The maximum absolute atomic E-state index is 12.7. The molecule has 0 unspecified atom stereocenters. The zero-order valence-electron chi connectivity index (χ0n) is 21.1. The first-order chi connectivity index (χ1) is 16.9. The summed E-state index contributed by atoms with van der Waals surface area (Å²) in [7, 11) is 1.61. The molecule has 0 spiro atoms. The Kier molecular flexibility index (Phi) is 10.3. The molecule has 2 heterocycles. The number of imidazole rings is 1. The van der Waals surface area contributed by atoms with E-state index < -0.39 is 11.2 Å². The number of hydrazone groups is 1. The van der Waals surface area contributed by atoms with Crippen molar-refractivity contribution >= 4 is 38.8 Å². The van der Waals surface area contributed by atoms with Crippen LogP contribution in [0.3, 0.4) is 0 Å². The van der Waals surface area contributed by atoms with Gasteiger partial charge in [-0.15, -0.1) is 0 Å². The average Bonchev–Trinajstić information content (AvgIpc) is 3.21. The molecule has 0 amide bonds. The summed E-state index contributed by atoms with van der Waals surface area (Å²) in [5, 5.41) is 4.50. The standard InChI is InChI=1S/C26H37BrN6O2/c1-4-5-6-7-8-9-10-11-12-13-18-33-22-23(32(3)26(35)29-24(22)34)28-25(33)31-30-19(2)20-14-16-21(27)17-15-20/h14-17H,4-13,18H2,1-3H3,(H,28,31)(H,29,34,35)/b30-19+. The fraction of sp³-hybridized carbons (Fsp3) is 0.538. The van der Waals surface area contributed by atoms with Crippen molar-refractivity contribution in [2.24, 2.45) is 12.1 Å². The number of fused-ring (bicyclic) bond motifs is 1. The Balaban J connectivity index is 1.69. The van der Waals surface area contributed by atoms with Gasteiger partial charge in [-0.25, -0.2) is 10.2 Å². The summed E-state index contributed by atoms with van der Waals surface area (Å²) in [6.07, 6.45) is 12.3. The third-order valence-corrected chi connectivity index (χ3v) is 6.86. The Morgan fingerprint density at radius 3 is 2.23 bits per heavy atom. The molecule has 0 saturated carbocycles. The van der Waals surface area contributed by atoms with Gasteiger partial charge in [-0.1, -0.05) is 92.8 Å². The third-order valence-electron chi connectivity index (χ3n) is 6.33. The van der Waals surface area contributed by atoms with Crippen molar-refractivity contribution in [2.75, 3.05) is 5.43 Å². The molecule has 0 aliphatic carbocycles. The van der Waals surface area contributed by atoms with Crippen LogP contribution in [0.4, 0.5) is 5.95 Å². The smallest absolute Gasteiger partial charge is 0.303 e. The molecule has 0 bridgehead atoms. The Morgan fingerprint density at radius 1 is 1.00 bits per heavy atom. The molecule has 3 rings (SSSR count). The number of unbranched alkanes of at least 4 members (excludes halogenated alkanes) is 9. The monoisotopic (exact) mass is 544 g/mol. The van der Waals surface area contributed by atoms with E-state index in [1.165, 1.54) is 55.9 Å². The van der Waals surface area contributed by atoms with E-state index >= 15 is 0 Å². The summed E-state index contributed by atoms with van der Waals surface area (Å²) in [4.78, 5) is 31.7. The van der Waals surface area contributed by atoms with Crippen molar-refractivity contribution < 1.29 is 0 Å². The summed E-state index contributed by atoms with van der Waals surface area (Å²) < 4.78 is 4.21. The second-order valence-electron chi connectivity index (χ2n) is 9.08. The minimum atomic E-state index is -0.479. The number of anilines is 1. The summed E-state index contributed by atoms with van der Waals surface area (Å²) in [5.41, 5.74) is 4.64. The molecule has 9 heteroatoms. The molecule has 0 atom stereocenters. The van der Waals surface area contributed by atoms with E-state index in [1.807, 2.05) is 35.8 Å². The summed E-state index contributed by atoms with van der Waals surface area (Å²) in [6.45, 7) is 4.78. The Morgan fingerprint density at radius 2 is 1.60 bits per heavy atom. The normalized spacial score (nSPS) is 11.9. The number of hydrogen-bond acceptors (Lipinski definition) is 5. The van der Waals surface area contributed by atoms with Gasteiger partial charge in [0, 0.05) is 18.1 Å². The Hall–Kier alpha value is -2.68. The third kappa shape index (κ3) is 7.40. The number of hydrogen-bond donors (Lipinski definition) is 2. The van der Waals surface area contributed by atoms with E-state index in [2.05, 4.69) is 43.3 Å². The molecule has 1 aromatic carbocycles. The fourth-order valence-electron chi connectivity index (χ4n) is 4.18. The molecular formula is C26H37BrN6O2. The van der Waals surface area contributed by atoms with Crippen LogP contribution in [0.5, 0.6) is 0 Å². The fourth-order valence-corrected chi connectivity index (χ4v) is 4.45. The molecule has 0 radical (unpaired) electrons. The van der Waals surface area contributed by atoms with Crippen LogP contribution in [0.1, 0.15) is 83.6 Å². The van der Waals surface area contributed by atoms with Gasteiger partial charge in [0.2, 0.25) is 5.95 Å². The predicted molar refractivity (Wildman–Crippen MR) is 147 cm³/mol. The zero-order chi connectivity index (χ0) is 25.2. The molecule has 35 heavy (non-hydrogen) atoms. The van der Waals surface area contributed by atoms with E-state index in [4.69, 9.17) is 0 Å². The lowest BCUT2D eigenvalue weighted by molar-refractivity contribution is 0.538. The summed E-state index contributed by atoms with van der Waals surface area (Å²) in [5.74, 6) is 0.457. The zero-order valence-corrected chi connectivity index (χ0v) is 22.7. The molecule has 8 nitrogen and oxygen atoms in total. The van der Waals surface area contributed by atoms with Gasteiger partial charge in [0.1, 0.15) is 0 Å². The molecule has 3 aromatic rings. The lowest BCUT2D eigenvalue weighted by atomic mass is 10.1. The van der Waals surface area contributed by atoms with Gasteiger partial charge in [-0.2, -0.15) is 10.1 Å². The number of halogens is 1. The highest BCUT2D eigenvalue weighted by Crippen LogP contribution is 2.18. The highest BCUT2D eigenvalue weighted by molar-refractivity contribution is 9.10. The van der Waals surface area contributed by atoms with Crippen LogP contribution in [0.15, 0.2) is 43.4 Å². The molecule has 0 saturated heterocycles. The van der Waals surface area contributed by atoms with E-state index in [9.17, 15) is 9.59 Å². The SMILES string of the molecule is CCCCCCCCCCCCn1c(N/N=C(\C)c2ccc(Br)cc2)nc2c1c(=O)[nH]c(=O)n2C. The van der Waals surface area contributed by atoms with Gasteiger partial charge in [0.15, 0.2) is 11.2 Å². The van der Waals surface area contributed by atoms with Crippen molar-refractivity contribution in [2.45, 2.75) is 84.6 Å². The Labute approximate surface area is 215 Å². The molecule has 2 aromatic heterocycles. The quantitative estimate of drug-likeness (QED) is 0.149. The lowest BCUT2D eigenvalue weighted by Gasteiger charge is -2.09. The molecular weight excluding hydrogens is 508 g/mol. The van der Waals surface area contributed by atoms with Gasteiger partial charge in [0.25, 0.3) is 5.56 Å². The topological polar surface area (TPSA) is 97.1 Å². The minimum Gasteiger partial charge on any atom is -0.303 e. The van der Waals surface area contributed by atoms with Gasteiger partial charge in [-0.05, 0) is 31.0 Å². The van der Waals surface area contributed by atoms with E-state index in [1.54, 1.807) is 7.05 Å². The molecule has 0 aliphatic heterocycles. The van der Waals surface area contributed by atoms with Crippen LogP contribution in [-0.2, 0) is 13.6 Å². The van der Waals surface area contributed by atoms with Crippen molar-refractivity contribution in [1.29, 1.82) is 0 Å². The maximum atomic E-state index is 12.7. The number of benzene rings is 1. The number of aromatic nitrogens is 4. The lowest BCUT2D eigenvalue weighted by Crippen LogP contribution is -2.29. The number of H-pyrrole nitrogens is 1. The van der Waals surface area contributed by atoms with Crippen LogP contribution >= 0.6 is 15.9 Å². The number of nitrogens with one attached hydrogen (secondary N) is 2. The van der Waals surface area contributed by atoms with Crippen molar-refractivity contribution in [1.82, 2.24) is 19.1 Å². The maximum Gasteiger partial charge on any atom is 0.329 e. The van der Waals surface area contributed by atoms with Crippen molar-refractivity contribution in [3.8, 4) is 0 Å². The van der Waals surface area contributed by atoms with Crippen LogP contribution in [0.25, 0.3) is 11.2 Å². The minimum absolute atomic E-state index is 0.352. The van der Waals surface area contributed by atoms with Gasteiger partial charge >= 0.3 is 5.69 Å². The number of rotatable bonds is 14. The first kappa shape index (κ1) is 26.9. The molecule has 190 valence electrons. The first-order valence-corrected chi connectivity index (χ1v) is 13.5. The first-order valence-electron chi connectivity index (χ1n) is 12.7. The molecule has 0 fully saturated rings. The van der Waals surface area contributed by atoms with Gasteiger partial charge in [-0.3, -0.25) is 14.3 Å². The molecule has 2 N–H and O–H groups in total. The van der Waals surface area contributed by atoms with E-state index in [0.29, 0.717) is 23.7 Å². The number of aromatic amines is 1. The molecule has 0 aliphatic rings. The van der Waals surface area contributed by atoms with Gasteiger partial charge < -0.3 is 4.57 Å². The van der Waals surface area contributed by atoms with Crippen LogP contribution in [0.2, 0.25) is 0 Å². The van der Waals surface area contributed by atoms with E-state index in [-0.39, 0.29) is 0 Å².